The molecule has 4 heteroatoms. The van der Waals surface area contributed by atoms with E-state index in [9.17, 15) is 0 Å². The highest BCUT2D eigenvalue weighted by Gasteiger charge is 2.37. The molecule has 102 valence electrons. The fourth-order valence-electron chi connectivity index (χ4n) is 1.92. The average Bonchev–Trinajstić information content (AvgIpc) is 2.42. The molecule has 0 saturated carbocycles. The Labute approximate surface area is 115 Å². The van der Waals surface area contributed by atoms with Gasteiger partial charge in [0.2, 0.25) is 0 Å². The molecule has 1 aromatic carbocycles. The predicted molar refractivity (Wildman–Crippen MR) is 76.7 cm³/mol. The summed E-state index contributed by atoms with van der Waals surface area (Å²) in [4.78, 5) is 0. The summed E-state index contributed by atoms with van der Waals surface area (Å²) >= 11 is 0. The molecule has 1 unspecified atom stereocenters. The SMILES string of the molecule is C=CC(OCc1ccccc1)B1OCC(C)(C)CO1. The zero-order valence-corrected chi connectivity index (χ0v) is 11.7. The Hall–Kier alpha value is -1.10. The van der Waals surface area contributed by atoms with Crippen LogP contribution in [0.4, 0.5) is 0 Å². The largest absolute Gasteiger partial charge is 0.492 e. The van der Waals surface area contributed by atoms with Crippen LogP contribution < -0.4 is 0 Å². The van der Waals surface area contributed by atoms with Crippen molar-refractivity contribution in [1.29, 1.82) is 0 Å². The first-order valence-electron chi connectivity index (χ1n) is 6.62. The summed E-state index contributed by atoms with van der Waals surface area (Å²) in [7, 11) is -0.353. The first-order valence-corrected chi connectivity index (χ1v) is 6.62. The molecule has 0 spiro atoms. The molecule has 0 aliphatic carbocycles. The van der Waals surface area contributed by atoms with Crippen LogP contribution in [0.5, 0.6) is 0 Å². The van der Waals surface area contributed by atoms with Gasteiger partial charge in [0.1, 0.15) is 6.00 Å². The molecule has 0 amide bonds. The Morgan fingerprint density at radius 3 is 2.53 bits per heavy atom. The van der Waals surface area contributed by atoms with Crippen molar-refractivity contribution in [3.05, 3.63) is 48.6 Å². The summed E-state index contributed by atoms with van der Waals surface area (Å²) in [5.74, 6) is 0. The van der Waals surface area contributed by atoms with Gasteiger partial charge in [-0.1, -0.05) is 50.3 Å². The molecule has 1 atom stereocenters. The highest BCUT2D eigenvalue weighted by Crippen LogP contribution is 2.23. The number of benzene rings is 1. The standard InChI is InChI=1S/C15H21BO3/c1-4-14(16-18-11-15(2,3)12-19-16)17-10-13-8-6-5-7-9-13/h4-9,14H,1,10-12H2,2-3H3. The zero-order chi connectivity index (χ0) is 13.7. The third-order valence-corrected chi connectivity index (χ3v) is 3.06. The van der Waals surface area contributed by atoms with Crippen LogP contribution in [0.15, 0.2) is 43.0 Å². The highest BCUT2D eigenvalue weighted by molar-refractivity contribution is 6.47. The van der Waals surface area contributed by atoms with Crippen molar-refractivity contribution in [3.63, 3.8) is 0 Å². The molecule has 0 N–H and O–H groups in total. The second kappa shape index (κ2) is 6.37. The van der Waals surface area contributed by atoms with Crippen LogP contribution in [-0.4, -0.2) is 26.3 Å². The van der Waals surface area contributed by atoms with Gasteiger partial charge in [0.25, 0.3) is 0 Å². The molecule has 1 heterocycles. The van der Waals surface area contributed by atoms with E-state index in [-0.39, 0.29) is 18.5 Å². The molecule has 3 nitrogen and oxygen atoms in total. The van der Waals surface area contributed by atoms with E-state index in [1.54, 1.807) is 6.08 Å². The maximum absolute atomic E-state index is 5.82. The number of hydrogen-bond acceptors (Lipinski definition) is 3. The van der Waals surface area contributed by atoms with E-state index in [0.29, 0.717) is 19.8 Å². The van der Waals surface area contributed by atoms with E-state index in [0.717, 1.165) is 5.56 Å². The van der Waals surface area contributed by atoms with E-state index in [4.69, 9.17) is 14.0 Å². The van der Waals surface area contributed by atoms with Crippen molar-refractivity contribution < 1.29 is 14.0 Å². The molecular weight excluding hydrogens is 239 g/mol. The van der Waals surface area contributed by atoms with Crippen molar-refractivity contribution in [2.24, 2.45) is 5.41 Å². The Morgan fingerprint density at radius 1 is 1.32 bits per heavy atom. The Bertz CT molecular complexity index is 395. The molecule has 1 saturated heterocycles. The molecule has 2 rings (SSSR count). The number of rotatable bonds is 5. The van der Waals surface area contributed by atoms with Crippen LogP contribution in [0, 0.1) is 5.41 Å². The lowest BCUT2D eigenvalue weighted by Crippen LogP contribution is -2.47. The van der Waals surface area contributed by atoms with Gasteiger partial charge in [0.15, 0.2) is 0 Å². The second-order valence-corrected chi connectivity index (χ2v) is 5.65. The van der Waals surface area contributed by atoms with Crippen LogP contribution in [0.3, 0.4) is 0 Å². The molecule has 1 aliphatic rings. The normalized spacial score (nSPS) is 20.0. The minimum Gasteiger partial charge on any atom is -0.409 e. The monoisotopic (exact) mass is 260 g/mol. The van der Waals surface area contributed by atoms with Gasteiger partial charge in [-0.15, -0.1) is 6.58 Å². The molecule has 0 aromatic heterocycles. The second-order valence-electron chi connectivity index (χ2n) is 5.65. The smallest absolute Gasteiger partial charge is 0.409 e. The van der Waals surface area contributed by atoms with Gasteiger partial charge in [-0.3, -0.25) is 0 Å². The van der Waals surface area contributed by atoms with Crippen molar-refractivity contribution >= 4 is 7.12 Å². The zero-order valence-electron chi connectivity index (χ0n) is 11.7. The number of ether oxygens (including phenoxy) is 1. The summed E-state index contributed by atoms with van der Waals surface area (Å²) in [6, 6.07) is 9.81. The van der Waals surface area contributed by atoms with Gasteiger partial charge in [-0.05, 0) is 5.56 Å². The Kier molecular flexibility index (Phi) is 4.80. The summed E-state index contributed by atoms with van der Waals surface area (Å²) in [6.45, 7) is 9.93. The van der Waals surface area contributed by atoms with Crippen LogP contribution in [-0.2, 0) is 20.7 Å². The minimum atomic E-state index is -0.353. The van der Waals surface area contributed by atoms with E-state index in [1.807, 2.05) is 30.3 Å². The molecule has 1 aromatic rings. The molecule has 0 bridgehead atoms. The van der Waals surface area contributed by atoms with Crippen LogP contribution >= 0.6 is 0 Å². The van der Waals surface area contributed by atoms with Gasteiger partial charge < -0.3 is 14.0 Å². The van der Waals surface area contributed by atoms with Crippen LogP contribution in [0.1, 0.15) is 19.4 Å². The third kappa shape index (κ3) is 4.20. The van der Waals surface area contributed by atoms with Gasteiger partial charge >= 0.3 is 7.12 Å². The van der Waals surface area contributed by atoms with Gasteiger partial charge in [0.05, 0.1) is 6.61 Å². The number of hydrogen-bond donors (Lipinski definition) is 0. The molecule has 1 aliphatic heterocycles. The van der Waals surface area contributed by atoms with Crippen LogP contribution in [0.2, 0.25) is 0 Å². The predicted octanol–water partition coefficient (Wildman–Crippen LogP) is 2.86. The molecular formula is C15H21BO3. The topological polar surface area (TPSA) is 27.7 Å². The summed E-state index contributed by atoms with van der Waals surface area (Å²) in [5.41, 5.74) is 1.20. The average molecular weight is 260 g/mol. The lowest BCUT2D eigenvalue weighted by molar-refractivity contribution is -0.00256. The van der Waals surface area contributed by atoms with E-state index in [2.05, 4.69) is 20.4 Å². The van der Waals surface area contributed by atoms with Gasteiger partial charge in [-0.2, -0.15) is 0 Å². The maximum Gasteiger partial charge on any atom is 0.492 e. The first-order chi connectivity index (χ1) is 9.11. The summed E-state index contributed by atoms with van der Waals surface area (Å²) in [5, 5.41) is 0. The van der Waals surface area contributed by atoms with Crippen molar-refractivity contribution in [1.82, 2.24) is 0 Å². The quantitative estimate of drug-likeness (QED) is 0.601. The third-order valence-electron chi connectivity index (χ3n) is 3.06. The first kappa shape index (κ1) is 14.3. The fraction of sp³-hybridized carbons (Fsp3) is 0.467. The molecule has 0 radical (unpaired) electrons. The van der Waals surface area contributed by atoms with E-state index >= 15 is 0 Å². The van der Waals surface area contributed by atoms with Crippen molar-refractivity contribution in [3.8, 4) is 0 Å². The molecule has 19 heavy (non-hydrogen) atoms. The Morgan fingerprint density at radius 2 is 1.95 bits per heavy atom. The van der Waals surface area contributed by atoms with Crippen molar-refractivity contribution in [2.45, 2.75) is 26.5 Å². The lowest BCUT2D eigenvalue weighted by Gasteiger charge is -2.35. The van der Waals surface area contributed by atoms with Gasteiger partial charge in [0, 0.05) is 18.6 Å². The van der Waals surface area contributed by atoms with Gasteiger partial charge in [-0.25, -0.2) is 0 Å². The van der Waals surface area contributed by atoms with Crippen molar-refractivity contribution in [2.75, 3.05) is 13.2 Å². The summed E-state index contributed by atoms with van der Waals surface area (Å²) < 4.78 is 17.2. The maximum atomic E-state index is 5.82. The fourth-order valence-corrected chi connectivity index (χ4v) is 1.92. The lowest BCUT2D eigenvalue weighted by atomic mass is 9.77. The minimum absolute atomic E-state index is 0.0711. The van der Waals surface area contributed by atoms with E-state index in [1.165, 1.54) is 0 Å². The summed E-state index contributed by atoms with van der Waals surface area (Å²) in [6.07, 6.45) is 1.74. The van der Waals surface area contributed by atoms with E-state index < -0.39 is 0 Å². The van der Waals surface area contributed by atoms with Crippen LogP contribution in [0.25, 0.3) is 0 Å². The highest BCUT2D eigenvalue weighted by atomic mass is 16.6. The molecule has 1 fully saturated rings. The Balaban J connectivity index is 1.85.